The lowest BCUT2D eigenvalue weighted by Crippen LogP contribution is -2.34. The number of fused-ring (bicyclic) bond motifs is 1. The van der Waals surface area contributed by atoms with Gasteiger partial charge < -0.3 is 10.6 Å². The molecule has 0 fully saturated rings. The van der Waals surface area contributed by atoms with Crippen LogP contribution in [-0.4, -0.2) is 18.5 Å². The van der Waals surface area contributed by atoms with Gasteiger partial charge in [-0.25, -0.2) is 0 Å². The Labute approximate surface area is 109 Å². The van der Waals surface area contributed by atoms with Crippen molar-refractivity contribution in [2.45, 2.75) is 45.6 Å². The van der Waals surface area contributed by atoms with Crippen LogP contribution in [0.4, 0.5) is 5.69 Å². The normalized spacial score (nSPS) is 17.3. The first kappa shape index (κ1) is 12.9. The Bertz CT molecular complexity index is 429. The molecule has 0 bridgehead atoms. The lowest BCUT2D eigenvalue weighted by Gasteiger charge is -2.10. The van der Waals surface area contributed by atoms with Crippen molar-refractivity contribution in [3.8, 4) is 0 Å². The molecule has 2 rings (SSSR count). The Morgan fingerprint density at radius 2 is 2.06 bits per heavy atom. The maximum absolute atomic E-state index is 11.4. The summed E-state index contributed by atoms with van der Waals surface area (Å²) in [5.41, 5.74) is 3.94. The number of hydrogen-bond acceptors (Lipinski definition) is 2. The Balaban J connectivity index is 1.99. The van der Waals surface area contributed by atoms with Crippen LogP contribution >= 0.6 is 0 Å². The summed E-state index contributed by atoms with van der Waals surface area (Å²) >= 11 is 0. The zero-order valence-electron chi connectivity index (χ0n) is 11.3. The molecular formula is C15H22N2O. The minimum atomic E-state index is 0.150. The van der Waals surface area contributed by atoms with Crippen LogP contribution in [0.2, 0.25) is 0 Å². The van der Waals surface area contributed by atoms with Crippen molar-refractivity contribution >= 4 is 11.6 Å². The molecule has 1 atom stereocenters. The summed E-state index contributed by atoms with van der Waals surface area (Å²) in [5.74, 6) is 0.150. The van der Waals surface area contributed by atoms with Crippen molar-refractivity contribution in [3.63, 3.8) is 0 Å². The number of carbonyl (C=O) groups is 1. The first-order chi connectivity index (χ1) is 8.72. The van der Waals surface area contributed by atoms with Gasteiger partial charge in [0, 0.05) is 24.7 Å². The average molecular weight is 246 g/mol. The van der Waals surface area contributed by atoms with E-state index in [4.69, 9.17) is 0 Å². The van der Waals surface area contributed by atoms with Gasteiger partial charge in [0.25, 0.3) is 0 Å². The van der Waals surface area contributed by atoms with Gasteiger partial charge in [0.05, 0.1) is 0 Å². The van der Waals surface area contributed by atoms with E-state index in [0.29, 0.717) is 6.42 Å². The highest BCUT2D eigenvalue weighted by Gasteiger charge is 2.22. The summed E-state index contributed by atoms with van der Waals surface area (Å²) in [7, 11) is 0. The molecular weight excluding hydrogens is 224 g/mol. The molecule has 0 radical (unpaired) electrons. The molecule has 3 heteroatoms. The molecule has 1 amide bonds. The predicted octanol–water partition coefficient (Wildman–Crippen LogP) is 2.50. The van der Waals surface area contributed by atoms with E-state index in [9.17, 15) is 4.79 Å². The van der Waals surface area contributed by atoms with Crippen LogP contribution in [0.15, 0.2) is 18.2 Å². The van der Waals surface area contributed by atoms with E-state index in [2.05, 4.69) is 35.8 Å². The maximum atomic E-state index is 11.4. The van der Waals surface area contributed by atoms with Gasteiger partial charge >= 0.3 is 0 Å². The molecule has 2 N–H and O–H groups in total. The first-order valence-electron chi connectivity index (χ1n) is 6.88. The van der Waals surface area contributed by atoms with E-state index in [1.807, 2.05) is 6.92 Å². The summed E-state index contributed by atoms with van der Waals surface area (Å²) in [6.45, 7) is 5.07. The zero-order valence-corrected chi connectivity index (χ0v) is 11.3. The Morgan fingerprint density at radius 1 is 1.28 bits per heavy atom. The molecule has 0 heterocycles. The smallest absolute Gasteiger partial charge is 0.219 e. The Kier molecular flexibility index (Phi) is 4.24. The topological polar surface area (TPSA) is 41.1 Å². The van der Waals surface area contributed by atoms with Crippen LogP contribution in [-0.2, 0) is 17.6 Å². The summed E-state index contributed by atoms with van der Waals surface area (Å²) < 4.78 is 0. The third-order valence-corrected chi connectivity index (χ3v) is 3.40. The maximum Gasteiger partial charge on any atom is 0.219 e. The third kappa shape index (κ3) is 3.03. The minimum absolute atomic E-state index is 0.150. The van der Waals surface area contributed by atoms with E-state index >= 15 is 0 Å². The van der Waals surface area contributed by atoms with E-state index in [1.165, 1.54) is 16.8 Å². The number of anilines is 1. The fraction of sp³-hybridized carbons (Fsp3) is 0.533. The highest BCUT2D eigenvalue weighted by Crippen LogP contribution is 2.25. The number of carbonyl (C=O) groups excluding carboxylic acids is 1. The minimum Gasteiger partial charge on any atom is -0.385 e. The average Bonchev–Trinajstić information content (AvgIpc) is 2.77. The highest BCUT2D eigenvalue weighted by molar-refractivity contribution is 5.76. The van der Waals surface area contributed by atoms with Crippen molar-refractivity contribution in [1.29, 1.82) is 0 Å². The van der Waals surface area contributed by atoms with Gasteiger partial charge in [-0.1, -0.05) is 19.9 Å². The van der Waals surface area contributed by atoms with Crippen molar-refractivity contribution in [3.05, 3.63) is 29.3 Å². The van der Waals surface area contributed by atoms with Crippen LogP contribution in [0.5, 0.6) is 0 Å². The molecule has 0 aliphatic heterocycles. The largest absolute Gasteiger partial charge is 0.385 e. The number of nitrogens with one attached hydrogen (secondary N) is 2. The molecule has 18 heavy (non-hydrogen) atoms. The molecule has 1 unspecified atom stereocenters. The molecule has 1 aliphatic carbocycles. The number of benzene rings is 1. The van der Waals surface area contributed by atoms with Crippen LogP contribution in [0.1, 0.15) is 37.8 Å². The Hall–Kier alpha value is -1.51. The van der Waals surface area contributed by atoms with Gasteiger partial charge in [-0.2, -0.15) is 0 Å². The molecule has 98 valence electrons. The van der Waals surface area contributed by atoms with Gasteiger partial charge in [-0.3, -0.25) is 4.79 Å². The van der Waals surface area contributed by atoms with Crippen molar-refractivity contribution in [1.82, 2.24) is 5.32 Å². The number of amides is 1. The Morgan fingerprint density at radius 3 is 2.78 bits per heavy atom. The molecule has 1 aromatic rings. The number of hydrogen-bond donors (Lipinski definition) is 2. The summed E-state index contributed by atoms with van der Waals surface area (Å²) in [6, 6.07) is 6.83. The standard InChI is InChI=1S/C15H22N2O/c1-3-7-16-13-6-5-11-8-14(10-12(11)9-13)17-15(18)4-2/h5-6,9,14,16H,3-4,7-8,10H2,1-2H3,(H,17,18). The summed E-state index contributed by atoms with van der Waals surface area (Å²) in [6.07, 6.45) is 3.63. The molecule has 0 spiro atoms. The van der Waals surface area contributed by atoms with E-state index in [0.717, 1.165) is 25.8 Å². The number of rotatable bonds is 5. The van der Waals surface area contributed by atoms with Gasteiger partial charge in [0.1, 0.15) is 0 Å². The summed E-state index contributed by atoms with van der Waals surface area (Å²) in [4.78, 5) is 11.4. The van der Waals surface area contributed by atoms with Gasteiger partial charge in [0.2, 0.25) is 5.91 Å². The van der Waals surface area contributed by atoms with Crippen LogP contribution in [0.3, 0.4) is 0 Å². The third-order valence-electron chi connectivity index (χ3n) is 3.40. The van der Waals surface area contributed by atoms with E-state index < -0.39 is 0 Å². The zero-order chi connectivity index (χ0) is 13.0. The molecule has 0 saturated heterocycles. The summed E-state index contributed by atoms with van der Waals surface area (Å²) in [5, 5.41) is 6.48. The molecule has 1 aromatic carbocycles. The SMILES string of the molecule is CCCNc1ccc2c(c1)CC(NC(=O)CC)C2. The lowest BCUT2D eigenvalue weighted by molar-refractivity contribution is -0.121. The predicted molar refractivity (Wildman–Crippen MR) is 74.9 cm³/mol. The second kappa shape index (κ2) is 5.89. The quantitative estimate of drug-likeness (QED) is 0.838. The second-order valence-electron chi connectivity index (χ2n) is 4.94. The van der Waals surface area contributed by atoms with E-state index in [-0.39, 0.29) is 11.9 Å². The van der Waals surface area contributed by atoms with Crippen LogP contribution in [0.25, 0.3) is 0 Å². The molecule has 0 aromatic heterocycles. The molecule has 1 aliphatic rings. The monoisotopic (exact) mass is 246 g/mol. The second-order valence-corrected chi connectivity index (χ2v) is 4.94. The fourth-order valence-electron chi connectivity index (χ4n) is 2.43. The first-order valence-corrected chi connectivity index (χ1v) is 6.88. The lowest BCUT2D eigenvalue weighted by atomic mass is 10.1. The molecule has 3 nitrogen and oxygen atoms in total. The van der Waals surface area contributed by atoms with Crippen molar-refractivity contribution < 1.29 is 4.79 Å². The van der Waals surface area contributed by atoms with Crippen molar-refractivity contribution in [2.75, 3.05) is 11.9 Å². The highest BCUT2D eigenvalue weighted by atomic mass is 16.1. The molecule has 0 saturated carbocycles. The van der Waals surface area contributed by atoms with Gasteiger partial charge in [-0.05, 0) is 42.5 Å². The van der Waals surface area contributed by atoms with Crippen LogP contribution < -0.4 is 10.6 Å². The van der Waals surface area contributed by atoms with Crippen molar-refractivity contribution in [2.24, 2.45) is 0 Å². The fourth-order valence-corrected chi connectivity index (χ4v) is 2.43. The van der Waals surface area contributed by atoms with Gasteiger partial charge in [-0.15, -0.1) is 0 Å². The van der Waals surface area contributed by atoms with Gasteiger partial charge in [0.15, 0.2) is 0 Å². The van der Waals surface area contributed by atoms with Crippen LogP contribution in [0, 0.1) is 0 Å². The van der Waals surface area contributed by atoms with E-state index in [1.54, 1.807) is 0 Å².